The van der Waals surface area contributed by atoms with E-state index in [4.69, 9.17) is 9.47 Å². The van der Waals surface area contributed by atoms with Crippen LogP contribution >= 0.6 is 0 Å². The van der Waals surface area contributed by atoms with Gasteiger partial charge in [-0.1, -0.05) is 136 Å². The highest BCUT2D eigenvalue weighted by Crippen LogP contribution is 2.42. The molecule has 0 aliphatic carbocycles. The molecular formula is C58H52N2O2. The van der Waals surface area contributed by atoms with Crippen LogP contribution in [0.2, 0.25) is 0 Å². The third-order valence-electron chi connectivity index (χ3n) is 11.5. The lowest BCUT2D eigenvalue weighted by atomic mass is 9.99. The summed E-state index contributed by atoms with van der Waals surface area (Å²) in [5.41, 5.74) is 11.4. The highest BCUT2D eigenvalue weighted by Gasteiger charge is 2.18. The van der Waals surface area contributed by atoms with Crippen LogP contribution in [0.5, 0.6) is 11.5 Å². The molecule has 0 unspecified atom stereocenters. The van der Waals surface area contributed by atoms with Crippen molar-refractivity contribution in [3.63, 3.8) is 0 Å². The molecule has 0 atom stereocenters. The van der Waals surface area contributed by atoms with Crippen LogP contribution in [0, 0.1) is 0 Å². The molecule has 0 fully saturated rings. The fourth-order valence-electron chi connectivity index (χ4n) is 8.20. The van der Waals surface area contributed by atoms with Crippen molar-refractivity contribution in [3.8, 4) is 33.8 Å². The zero-order valence-electron chi connectivity index (χ0n) is 35.6. The quantitative estimate of drug-likeness (QED) is 0.0908. The number of rotatable bonds is 16. The largest absolute Gasteiger partial charge is 0.494 e. The Balaban J connectivity index is 0.967. The number of anilines is 6. The normalized spacial score (nSPS) is 11.1. The van der Waals surface area contributed by atoms with Crippen LogP contribution in [0.1, 0.15) is 39.5 Å². The minimum Gasteiger partial charge on any atom is -0.494 e. The molecule has 0 bridgehead atoms. The number of hydrogen-bond acceptors (Lipinski definition) is 4. The number of hydrogen-bond donors (Lipinski definition) is 0. The van der Waals surface area contributed by atoms with E-state index in [1.54, 1.807) is 0 Å². The third-order valence-corrected chi connectivity index (χ3v) is 11.5. The molecule has 9 aromatic carbocycles. The molecule has 0 aromatic heterocycles. The Hall–Kier alpha value is -7.30. The SMILES string of the molecule is CCCCOc1ccc2c(N(c3ccccc3)c3ccc(-c4ccc(-c5ccc(N(c6ccccc6)c6cccc7cc(OCCCC)ccc67)cc5)cc4)cc3)cccc2c1. The second kappa shape index (κ2) is 19.0. The van der Waals surface area contributed by atoms with Crippen molar-refractivity contribution in [2.24, 2.45) is 0 Å². The van der Waals surface area contributed by atoms with Gasteiger partial charge in [0.05, 0.1) is 24.6 Å². The molecule has 0 heterocycles. The van der Waals surface area contributed by atoms with Crippen LogP contribution < -0.4 is 19.3 Å². The molecule has 0 radical (unpaired) electrons. The van der Waals surface area contributed by atoms with Crippen LogP contribution in [-0.2, 0) is 0 Å². The molecule has 62 heavy (non-hydrogen) atoms. The molecule has 4 heteroatoms. The van der Waals surface area contributed by atoms with Gasteiger partial charge in [0.2, 0.25) is 0 Å². The smallest absolute Gasteiger partial charge is 0.119 e. The summed E-state index contributed by atoms with van der Waals surface area (Å²) in [6.07, 6.45) is 4.33. The second-order valence-electron chi connectivity index (χ2n) is 15.7. The van der Waals surface area contributed by atoms with Gasteiger partial charge in [0.15, 0.2) is 0 Å². The standard InChI is InChI=1S/C58H52N2O2/c1-3-5-39-61-53-35-37-55-47(41-53)15-13-21-57(55)59(49-17-9-7-10-18-49)51-31-27-45(28-32-51)43-23-25-44(26-24-43)46-29-33-52(34-30-46)60(50-19-11-8-12-20-50)58-22-14-16-48-42-54(36-38-56(48)58)62-40-6-4-2/h7-38,41-42H,3-6,39-40H2,1-2H3. The predicted octanol–water partition coefficient (Wildman–Crippen LogP) is 16.6. The maximum Gasteiger partial charge on any atom is 0.119 e. The summed E-state index contributed by atoms with van der Waals surface area (Å²) < 4.78 is 12.1. The number of nitrogens with zero attached hydrogens (tertiary/aromatic N) is 2. The lowest BCUT2D eigenvalue weighted by Gasteiger charge is -2.27. The Morgan fingerprint density at radius 3 is 1.06 bits per heavy atom. The zero-order chi connectivity index (χ0) is 42.1. The van der Waals surface area contributed by atoms with Crippen molar-refractivity contribution in [1.29, 1.82) is 0 Å². The molecule has 0 aliphatic heterocycles. The summed E-state index contributed by atoms with van der Waals surface area (Å²) in [5.74, 6) is 1.83. The van der Waals surface area contributed by atoms with Gasteiger partial charge in [-0.05, 0) is 143 Å². The summed E-state index contributed by atoms with van der Waals surface area (Å²) in [5, 5.41) is 4.67. The highest BCUT2D eigenvalue weighted by atomic mass is 16.5. The van der Waals surface area contributed by atoms with Crippen LogP contribution in [0.3, 0.4) is 0 Å². The molecule has 9 aromatic rings. The van der Waals surface area contributed by atoms with Crippen LogP contribution in [0.15, 0.2) is 206 Å². The lowest BCUT2D eigenvalue weighted by molar-refractivity contribution is 0.309. The van der Waals surface area contributed by atoms with E-state index < -0.39 is 0 Å². The first-order valence-electron chi connectivity index (χ1n) is 22.0. The van der Waals surface area contributed by atoms with Gasteiger partial charge in [0.1, 0.15) is 11.5 Å². The summed E-state index contributed by atoms with van der Waals surface area (Å²) in [6, 6.07) is 73.8. The molecule has 0 aliphatic rings. The minimum atomic E-state index is 0.735. The summed E-state index contributed by atoms with van der Waals surface area (Å²) in [6.45, 7) is 5.84. The van der Waals surface area contributed by atoms with Gasteiger partial charge < -0.3 is 19.3 Å². The van der Waals surface area contributed by atoms with Gasteiger partial charge in [-0.2, -0.15) is 0 Å². The Morgan fingerprint density at radius 1 is 0.339 bits per heavy atom. The van der Waals surface area contributed by atoms with Crippen molar-refractivity contribution < 1.29 is 9.47 Å². The lowest BCUT2D eigenvalue weighted by Crippen LogP contribution is -2.10. The number of ether oxygens (including phenoxy) is 2. The number of benzene rings is 9. The van der Waals surface area contributed by atoms with Gasteiger partial charge >= 0.3 is 0 Å². The van der Waals surface area contributed by atoms with Crippen molar-refractivity contribution in [2.45, 2.75) is 39.5 Å². The summed E-state index contributed by atoms with van der Waals surface area (Å²) in [4.78, 5) is 4.69. The summed E-state index contributed by atoms with van der Waals surface area (Å²) >= 11 is 0. The van der Waals surface area contributed by atoms with Crippen molar-refractivity contribution >= 4 is 55.7 Å². The van der Waals surface area contributed by atoms with Crippen molar-refractivity contribution in [2.75, 3.05) is 23.0 Å². The molecule has 4 nitrogen and oxygen atoms in total. The van der Waals surface area contributed by atoms with Crippen LogP contribution in [0.4, 0.5) is 34.1 Å². The van der Waals surface area contributed by atoms with Crippen LogP contribution in [0.25, 0.3) is 43.8 Å². The predicted molar refractivity (Wildman–Crippen MR) is 262 cm³/mol. The van der Waals surface area contributed by atoms with E-state index in [0.29, 0.717) is 0 Å². The third kappa shape index (κ3) is 8.77. The summed E-state index contributed by atoms with van der Waals surface area (Å²) in [7, 11) is 0. The van der Waals surface area contributed by atoms with Gasteiger partial charge in [0, 0.05) is 33.5 Å². The van der Waals surface area contributed by atoms with Gasteiger partial charge in [-0.25, -0.2) is 0 Å². The van der Waals surface area contributed by atoms with Crippen LogP contribution in [-0.4, -0.2) is 13.2 Å². The van der Waals surface area contributed by atoms with E-state index in [9.17, 15) is 0 Å². The fourth-order valence-corrected chi connectivity index (χ4v) is 8.20. The average molecular weight is 809 g/mol. The Bertz CT molecular complexity index is 2660. The zero-order valence-corrected chi connectivity index (χ0v) is 35.6. The maximum absolute atomic E-state index is 6.06. The first kappa shape index (κ1) is 40.1. The molecule has 0 amide bonds. The number of unbranched alkanes of at least 4 members (excludes halogenated alkanes) is 2. The molecule has 0 N–H and O–H groups in total. The Morgan fingerprint density at radius 2 is 0.694 bits per heavy atom. The van der Waals surface area contributed by atoms with E-state index in [1.807, 2.05) is 0 Å². The molecular weight excluding hydrogens is 757 g/mol. The highest BCUT2D eigenvalue weighted by molar-refractivity contribution is 6.01. The molecule has 306 valence electrons. The van der Waals surface area contributed by atoms with E-state index in [-0.39, 0.29) is 0 Å². The fraction of sp³-hybridized carbons (Fsp3) is 0.138. The molecule has 9 rings (SSSR count). The Labute approximate surface area is 366 Å². The monoisotopic (exact) mass is 808 g/mol. The Kier molecular flexibility index (Phi) is 12.3. The van der Waals surface area contributed by atoms with Gasteiger partial charge in [-0.15, -0.1) is 0 Å². The van der Waals surface area contributed by atoms with Gasteiger partial charge in [0.25, 0.3) is 0 Å². The van der Waals surface area contributed by atoms with E-state index in [2.05, 4.69) is 230 Å². The topological polar surface area (TPSA) is 24.9 Å². The number of para-hydroxylation sites is 2. The van der Waals surface area contributed by atoms with E-state index in [0.717, 1.165) is 95.3 Å². The first-order valence-corrected chi connectivity index (χ1v) is 22.0. The molecule has 0 saturated heterocycles. The molecule has 0 saturated carbocycles. The average Bonchev–Trinajstić information content (AvgIpc) is 3.33. The second-order valence-corrected chi connectivity index (χ2v) is 15.7. The number of fused-ring (bicyclic) bond motifs is 2. The van der Waals surface area contributed by atoms with E-state index >= 15 is 0 Å². The minimum absolute atomic E-state index is 0.735. The van der Waals surface area contributed by atoms with Crippen molar-refractivity contribution in [3.05, 3.63) is 206 Å². The van der Waals surface area contributed by atoms with Crippen molar-refractivity contribution in [1.82, 2.24) is 0 Å². The first-order chi connectivity index (χ1) is 30.7. The molecule has 0 spiro atoms. The van der Waals surface area contributed by atoms with E-state index in [1.165, 1.54) is 33.0 Å². The van der Waals surface area contributed by atoms with Gasteiger partial charge in [-0.3, -0.25) is 0 Å². The maximum atomic E-state index is 6.06.